The Kier molecular flexibility index (Phi) is 3.84. The molecule has 1 fully saturated rings. The molecule has 1 N–H and O–H groups in total. The number of nitrogens with one attached hydrogen (secondary N) is 1. The van der Waals surface area contributed by atoms with Crippen LogP contribution in [0.25, 0.3) is 0 Å². The molecule has 0 saturated carbocycles. The standard InChI is InChI=1S/C13H21N3O/c1-3-15(2)13(17)12-5-4-10-16(12)11-6-8-14-9-7-11/h4-5,10-11,14H,3,6-9H2,1-2H3. The maximum absolute atomic E-state index is 12.2. The minimum Gasteiger partial charge on any atom is -0.341 e. The van der Waals surface area contributed by atoms with E-state index in [1.54, 1.807) is 4.90 Å². The van der Waals surface area contributed by atoms with E-state index in [-0.39, 0.29) is 5.91 Å². The highest BCUT2D eigenvalue weighted by Gasteiger charge is 2.21. The van der Waals surface area contributed by atoms with Gasteiger partial charge in [0.1, 0.15) is 5.69 Å². The van der Waals surface area contributed by atoms with E-state index in [0.717, 1.165) is 38.2 Å². The van der Waals surface area contributed by atoms with Crippen molar-refractivity contribution in [2.45, 2.75) is 25.8 Å². The van der Waals surface area contributed by atoms with Gasteiger partial charge in [0.2, 0.25) is 0 Å². The van der Waals surface area contributed by atoms with Crippen LogP contribution in [-0.4, -0.2) is 42.1 Å². The highest BCUT2D eigenvalue weighted by Crippen LogP contribution is 2.21. The van der Waals surface area contributed by atoms with Crippen LogP contribution in [0, 0.1) is 0 Å². The predicted octanol–water partition coefficient (Wildman–Crippen LogP) is 1.50. The first-order chi connectivity index (χ1) is 8.24. The topological polar surface area (TPSA) is 37.3 Å². The summed E-state index contributed by atoms with van der Waals surface area (Å²) in [5.74, 6) is 0.121. The van der Waals surface area contributed by atoms with Crippen molar-refractivity contribution in [2.75, 3.05) is 26.7 Å². The van der Waals surface area contributed by atoms with Crippen LogP contribution < -0.4 is 5.32 Å². The number of hydrogen-bond donors (Lipinski definition) is 1. The molecule has 0 aliphatic carbocycles. The smallest absolute Gasteiger partial charge is 0.270 e. The van der Waals surface area contributed by atoms with Gasteiger partial charge >= 0.3 is 0 Å². The Morgan fingerprint density at radius 3 is 2.88 bits per heavy atom. The van der Waals surface area contributed by atoms with Crippen molar-refractivity contribution < 1.29 is 4.79 Å². The molecule has 0 unspecified atom stereocenters. The van der Waals surface area contributed by atoms with E-state index in [1.807, 2.05) is 32.3 Å². The zero-order chi connectivity index (χ0) is 12.3. The Morgan fingerprint density at radius 2 is 2.24 bits per heavy atom. The lowest BCUT2D eigenvalue weighted by Gasteiger charge is -2.27. The molecule has 1 aromatic heterocycles. The third kappa shape index (κ3) is 2.52. The fourth-order valence-electron chi connectivity index (χ4n) is 2.32. The van der Waals surface area contributed by atoms with Gasteiger partial charge < -0.3 is 14.8 Å². The molecule has 0 aromatic carbocycles. The molecule has 17 heavy (non-hydrogen) atoms. The second-order valence-corrected chi connectivity index (χ2v) is 4.60. The Balaban J connectivity index is 2.18. The highest BCUT2D eigenvalue weighted by atomic mass is 16.2. The normalized spacial score (nSPS) is 17.1. The molecular formula is C13H21N3O. The fraction of sp³-hybridized carbons (Fsp3) is 0.615. The molecule has 0 bridgehead atoms. The van der Waals surface area contributed by atoms with Gasteiger partial charge in [0.25, 0.3) is 5.91 Å². The summed E-state index contributed by atoms with van der Waals surface area (Å²) >= 11 is 0. The third-order valence-electron chi connectivity index (χ3n) is 3.52. The van der Waals surface area contributed by atoms with Gasteiger partial charge in [0.15, 0.2) is 0 Å². The summed E-state index contributed by atoms with van der Waals surface area (Å²) in [6.07, 6.45) is 4.24. The average Bonchev–Trinajstić information content (AvgIpc) is 2.87. The molecule has 94 valence electrons. The van der Waals surface area contributed by atoms with Crippen LogP contribution >= 0.6 is 0 Å². The van der Waals surface area contributed by atoms with Crippen LogP contribution in [0.3, 0.4) is 0 Å². The van der Waals surface area contributed by atoms with E-state index < -0.39 is 0 Å². The fourth-order valence-corrected chi connectivity index (χ4v) is 2.32. The predicted molar refractivity (Wildman–Crippen MR) is 68.2 cm³/mol. The Hall–Kier alpha value is -1.29. The minimum absolute atomic E-state index is 0.121. The molecule has 4 heteroatoms. The van der Waals surface area contributed by atoms with Gasteiger partial charge in [0, 0.05) is 25.8 Å². The minimum atomic E-state index is 0.121. The zero-order valence-corrected chi connectivity index (χ0v) is 10.6. The molecular weight excluding hydrogens is 214 g/mol. The van der Waals surface area contributed by atoms with Crippen molar-refractivity contribution in [2.24, 2.45) is 0 Å². The lowest BCUT2D eigenvalue weighted by molar-refractivity contribution is 0.0788. The first-order valence-electron chi connectivity index (χ1n) is 6.37. The van der Waals surface area contributed by atoms with Crippen LogP contribution in [-0.2, 0) is 0 Å². The molecule has 4 nitrogen and oxygen atoms in total. The van der Waals surface area contributed by atoms with Crippen molar-refractivity contribution in [3.05, 3.63) is 24.0 Å². The summed E-state index contributed by atoms with van der Waals surface area (Å²) < 4.78 is 2.15. The van der Waals surface area contributed by atoms with Gasteiger partial charge in [-0.15, -0.1) is 0 Å². The first kappa shape index (κ1) is 12.2. The van der Waals surface area contributed by atoms with Crippen LogP contribution in [0.5, 0.6) is 0 Å². The maximum Gasteiger partial charge on any atom is 0.270 e. The molecule has 2 rings (SSSR count). The van der Waals surface area contributed by atoms with Gasteiger partial charge in [-0.1, -0.05) is 0 Å². The van der Waals surface area contributed by atoms with Crippen LogP contribution in [0.4, 0.5) is 0 Å². The number of piperidine rings is 1. The Labute approximate surface area is 103 Å². The molecule has 1 aliphatic heterocycles. The SMILES string of the molecule is CCN(C)C(=O)c1cccn1C1CCNCC1. The summed E-state index contributed by atoms with van der Waals surface area (Å²) in [5, 5.41) is 3.35. The quantitative estimate of drug-likeness (QED) is 0.862. The molecule has 0 radical (unpaired) electrons. The molecule has 0 atom stereocenters. The number of aromatic nitrogens is 1. The van der Waals surface area contributed by atoms with Gasteiger partial charge in [-0.25, -0.2) is 0 Å². The Bertz CT molecular complexity index is 380. The summed E-state index contributed by atoms with van der Waals surface area (Å²) in [6.45, 7) is 4.83. The van der Waals surface area contributed by atoms with Crippen LogP contribution in [0.2, 0.25) is 0 Å². The van der Waals surface area contributed by atoms with Crippen molar-refractivity contribution in [1.82, 2.24) is 14.8 Å². The summed E-state index contributed by atoms with van der Waals surface area (Å²) in [4.78, 5) is 13.9. The second-order valence-electron chi connectivity index (χ2n) is 4.60. The third-order valence-corrected chi connectivity index (χ3v) is 3.52. The van der Waals surface area contributed by atoms with E-state index in [9.17, 15) is 4.79 Å². The van der Waals surface area contributed by atoms with Crippen LogP contribution in [0.15, 0.2) is 18.3 Å². The average molecular weight is 235 g/mol. The van der Waals surface area contributed by atoms with Gasteiger partial charge in [-0.3, -0.25) is 4.79 Å². The number of nitrogens with zero attached hydrogens (tertiary/aromatic N) is 2. The number of amides is 1. The van der Waals surface area contributed by atoms with Crippen molar-refractivity contribution in [3.8, 4) is 0 Å². The van der Waals surface area contributed by atoms with E-state index in [1.165, 1.54) is 0 Å². The maximum atomic E-state index is 12.2. The Morgan fingerprint density at radius 1 is 1.53 bits per heavy atom. The largest absolute Gasteiger partial charge is 0.341 e. The zero-order valence-electron chi connectivity index (χ0n) is 10.6. The first-order valence-corrected chi connectivity index (χ1v) is 6.37. The number of carbonyl (C=O) groups is 1. The van der Waals surface area contributed by atoms with E-state index in [2.05, 4.69) is 9.88 Å². The molecule has 0 spiro atoms. The monoisotopic (exact) mass is 235 g/mol. The molecule has 1 aliphatic rings. The molecule has 1 amide bonds. The molecule has 1 saturated heterocycles. The van der Waals surface area contributed by atoms with Crippen molar-refractivity contribution >= 4 is 5.91 Å². The number of rotatable bonds is 3. The molecule has 1 aromatic rings. The van der Waals surface area contributed by atoms with Crippen LogP contribution in [0.1, 0.15) is 36.3 Å². The number of hydrogen-bond acceptors (Lipinski definition) is 2. The second kappa shape index (κ2) is 5.36. The summed E-state index contributed by atoms with van der Waals surface area (Å²) in [5.41, 5.74) is 0.821. The molecule has 2 heterocycles. The van der Waals surface area contributed by atoms with E-state index in [0.29, 0.717) is 6.04 Å². The number of carbonyl (C=O) groups excluding carboxylic acids is 1. The lowest BCUT2D eigenvalue weighted by Crippen LogP contribution is -2.33. The summed E-state index contributed by atoms with van der Waals surface area (Å²) in [6, 6.07) is 4.37. The van der Waals surface area contributed by atoms with E-state index in [4.69, 9.17) is 0 Å². The van der Waals surface area contributed by atoms with Gasteiger partial charge in [-0.05, 0) is 45.0 Å². The van der Waals surface area contributed by atoms with Crippen molar-refractivity contribution in [1.29, 1.82) is 0 Å². The van der Waals surface area contributed by atoms with Gasteiger partial charge in [0.05, 0.1) is 0 Å². The van der Waals surface area contributed by atoms with Gasteiger partial charge in [-0.2, -0.15) is 0 Å². The van der Waals surface area contributed by atoms with E-state index >= 15 is 0 Å². The van der Waals surface area contributed by atoms with Crippen molar-refractivity contribution in [3.63, 3.8) is 0 Å². The summed E-state index contributed by atoms with van der Waals surface area (Å²) in [7, 11) is 1.85. The highest BCUT2D eigenvalue weighted by molar-refractivity contribution is 5.92. The lowest BCUT2D eigenvalue weighted by atomic mass is 10.1.